The molecule has 1 amide bonds. The van der Waals surface area contributed by atoms with Crippen molar-refractivity contribution < 1.29 is 9.53 Å². The molecule has 21 heavy (non-hydrogen) atoms. The van der Waals surface area contributed by atoms with Crippen molar-refractivity contribution in [3.63, 3.8) is 0 Å². The van der Waals surface area contributed by atoms with E-state index >= 15 is 0 Å². The van der Waals surface area contributed by atoms with Gasteiger partial charge in [-0.1, -0.05) is 30.3 Å². The van der Waals surface area contributed by atoms with E-state index in [1.54, 1.807) is 0 Å². The molecule has 1 fully saturated rings. The molecule has 0 spiro atoms. The molecule has 5 nitrogen and oxygen atoms in total. The topological polar surface area (TPSA) is 67.6 Å². The highest BCUT2D eigenvalue weighted by Gasteiger charge is 2.17. The number of hydrogen-bond donors (Lipinski definition) is 2. The average Bonchev–Trinajstić information content (AvgIpc) is 2.54. The smallest absolute Gasteiger partial charge is 0.224 e. The fourth-order valence-electron chi connectivity index (χ4n) is 2.49. The highest BCUT2D eigenvalue weighted by Crippen LogP contribution is 2.08. The second-order valence-corrected chi connectivity index (χ2v) is 5.37. The maximum Gasteiger partial charge on any atom is 0.224 e. The van der Waals surface area contributed by atoms with Crippen molar-refractivity contribution in [1.29, 1.82) is 0 Å². The Bertz CT molecular complexity index is 419. The van der Waals surface area contributed by atoms with Crippen LogP contribution in [-0.2, 0) is 16.0 Å². The van der Waals surface area contributed by atoms with Crippen molar-refractivity contribution >= 4 is 5.91 Å². The molecule has 1 aromatic carbocycles. The first kappa shape index (κ1) is 15.9. The first-order chi connectivity index (χ1) is 10.3. The van der Waals surface area contributed by atoms with Crippen LogP contribution in [0.5, 0.6) is 0 Å². The van der Waals surface area contributed by atoms with Gasteiger partial charge in [0.1, 0.15) is 0 Å². The van der Waals surface area contributed by atoms with Crippen molar-refractivity contribution in [2.45, 2.75) is 6.42 Å². The minimum absolute atomic E-state index is 0.0506. The van der Waals surface area contributed by atoms with Crippen molar-refractivity contribution in [3.8, 4) is 0 Å². The Balaban J connectivity index is 1.72. The van der Waals surface area contributed by atoms with Crippen LogP contribution >= 0.6 is 0 Å². The van der Waals surface area contributed by atoms with Gasteiger partial charge in [-0.2, -0.15) is 0 Å². The Morgan fingerprint density at radius 3 is 2.67 bits per heavy atom. The molecule has 1 atom stereocenters. The fraction of sp³-hybridized carbons (Fsp3) is 0.562. The van der Waals surface area contributed by atoms with Crippen LogP contribution in [0.15, 0.2) is 30.3 Å². The first-order valence-electron chi connectivity index (χ1n) is 7.61. The molecule has 116 valence electrons. The van der Waals surface area contributed by atoms with Gasteiger partial charge in [0, 0.05) is 32.7 Å². The minimum Gasteiger partial charge on any atom is -0.379 e. The number of carbonyl (C=O) groups is 1. The summed E-state index contributed by atoms with van der Waals surface area (Å²) in [5.41, 5.74) is 6.90. The van der Waals surface area contributed by atoms with Gasteiger partial charge >= 0.3 is 0 Å². The molecule has 0 radical (unpaired) electrons. The van der Waals surface area contributed by atoms with Crippen LogP contribution in [0.3, 0.4) is 0 Å². The van der Waals surface area contributed by atoms with Crippen LogP contribution in [0.2, 0.25) is 0 Å². The van der Waals surface area contributed by atoms with Gasteiger partial charge in [-0.3, -0.25) is 9.69 Å². The molecular weight excluding hydrogens is 266 g/mol. The molecule has 0 bridgehead atoms. The third kappa shape index (κ3) is 5.46. The number of nitrogens with zero attached hydrogens (tertiary/aromatic N) is 1. The third-order valence-electron chi connectivity index (χ3n) is 3.81. The van der Waals surface area contributed by atoms with E-state index in [0.29, 0.717) is 19.5 Å². The Morgan fingerprint density at radius 2 is 2.00 bits per heavy atom. The summed E-state index contributed by atoms with van der Waals surface area (Å²) >= 11 is 0. The predicted octanol–water partition coefficient (Wildman–Crippen LogP) is 0.252. The zero-order valence-electron chi connectivity index (χ0n) is 12.5. The Labute approximate surface area is 126 Å². The molecule has 1 unspecified atom stereocenters. The van der Waals surface area contributed by atoms with Crippen LogP contribution in [0.4, 0.5) is 0 Å². The molecule has 0 aliphatic carbocycles. The lowest BCUT2D eigenvalue weighted by molar-refractivity contribution is -0.124. The Kier molecular flexibility index (Phi) is 6.66. The van der Waals surface area contributed by atoms with E-state index in [1.165, 1.54) is 0 Å². The molecule has 2 rings (SSSR count). The maximum atomic E-state index is 12.2. The monoisotopic (exact) mass is 291 g/mol. The largest absolute Gasteiger partial charge is 0.379 e. The summed E-state index contributed by atoms with van der Waals surface area (Å²) in [4.78, 5) is 14.5. The molecule has 1 aliphatic rings. The lowest BCUT2D eigenvalue weighted by Gasteiger charge is -2.26. The summed E-state index contributed by atoms with van der Waals surface area (Å²) in [7, 11) is 0. The first-order valence-corrected chi connectivity index (χ1v) is 7.61. The molecule has 5 heteroatoms. The summed E-state index contributed by atoms with van der Waals surface area (Å²) in [5.74, 6) is -0.105. The number of morpholine rings is 1. The van der Waals surface area contributed by atoms with Crippen molar-refractivity contribution in [2.24, 2.45) is 11.7 Å². The van der Waals surface area contributed by atoms with E-state index in [0.717, 1.165) is 38.4 Å². The van der Waals surface area contributed by atoms with Crippen LogP contribution in [0, 0.1) is 5.92 Å². The van der Waals surface area contributed by atoms with Gasteiger partial charge in [0.15, 0.2) is 0 Å². The summed E-state index contributed by atoms with van der Waals surface area (Å²) in [6, 6.07) is 10.0. The van der Waals surface area contributed by atoms with E-state index in [9.17, 15) is 4.79 Å². The summed E-state index contributed by atoms with van der Waals surface area (Å²) in [5, 5.41) is 3.00. The molecular formula is C16H25N3O2. The van der Waals surface area contributed by atoms with Crippen LogP contribution in [0.25, 0.3) is 0 Å². The van der Waals surface area contributed by atoms with Crippen molar-refractivity contribution in [2.75, 3.05) is 45.9 Å². The van der Waals surface area contributed by atoms with E-state index < -0.39 is 0 Å². The Hall–Kier alpha value is -1.43. The van der Waals surface area contributed by atoms with Crippen LogP contribution in [0.1, 0.15) is 5.56 Å². The molecule has 1 aromatic rings. The van der Waals surface area contributed by atoms with Crippen molar-refractivity contribution in [3.05, 3.63) is 35.9 Å². The lowest BCUT2D eigenvalue weighted by atomic mass is 9.98. The number of hydrogen-bond acceptors (Lipinski definition) is 4. The second kappa shape index (κ2) is 8.77. The maximum absolute atomic E-state index is 12.2. The zero-order chi connectivity index (χ0) is 14.9. The van der Waals surface area contributed by atoms with Gasteiger partial charge in [0.25, 0.3) is 0 Å². The second-order valence-electron chi connectivity index (χ2n) is 5.37. The van der Waals surface area contributed by atoms with Gasteiger partial charge in [-0.05, 0) is 12.0 Å². The van der Waals surface area contributed by atoms with E-state index in [2.05, 4.69) is 10.2 Å². The van der Waals surface area contributed by atoms with Gasteiger partial charge in [-0.15, -0.1) is 0 Å². The lowest BCUT2D eigenvalue weighted by Crippen LogP contribution is -2.43. The SMILES string of the molecule is NCC(Cc1ccccc1)C(=O)NCCN1CCOCC1. The molecule has 0 aromatic heterocycles. The fourth-order valence-corrected chi connectivity index (χ4v) is 2.49. The molecule has 1 saturated heterocycles. The van der Waals surface area contributed by atoms with E-state index in [-0.39, 0.29) is 11.8 Å². The minimum atomic E-state index is -0.155. The molecule has 0 saturated carbocycles. The molecule has 3 N–H and O–H groups in total. The quantitative estimate of drug-likeness (QED) is 0.756. The average molecular weight is 291 g/mol. The highest BCUT2D eigenvalue weighted by atomic mass is 16.5. The molecule has 1 heterocycles. The van der Waals surface area contributed by atoms with Crippen LogP contribution in [-0.4, -0.2) is 56.7 Å². The van der Waals surface area contributed by atoms with Gasteiger partial charge in [0.2, 0.25) is 5.91 Å². The zero-order valence-corrected chi connectivity index (χ0v) is 12.5. The molecule has 1 aliphatic heterocycles. The van der Waals surface area contributed by atoms with Gasteiger partial charge < -0.3 is 15.8 Å². The summed E-state index contributed by atoms with van der Waals surface area (Å²) < 4.78 is 5.30. The number of carbonyl (C=O) groups excluding carboxylic acids is 1. The van der Waals surface area contributed by atoms with Crippen LogP contribution < -0.4 is 11.1 Å². The number of nitrogens with one attached hydrogen (secondary N) is 1. The number of rotatable bonds is 7. The van der Waals surface area contributed by atoms with E-state index in [1.807, 2.05) is 30.3 Å². The standard InChI is InChI=1S/C16H25N3O2/c17-13-15(12-14-4-2-1-3-5-14)16(20)18-6-7-19-8-10-21-11-9-19/h1-5,15H,6-13,17H2,(H,18,20). The number of benzene rings is 1. The Morgan fingerprint density at radius 1 is 1.29 bits per heavy atom. The number of amides is 1. The normalized spacial score (nSPS) is 17.4. The highest BCUT2D eigenvalue weighted by molar-refractivity contribution is 5.79. The number of ether oxygens (including phenoxy) is 1. The summed E-state index contributed by atoms with van der Waals surface area (Å²) in [6.07, 6.45) is 0.695. The van der Waals surface area contributed by atoms with Gasteiger partial charge in [-0.25, -0.2) is 0 Å². The third-order valence-corrected chi connectivity index (χ3v) is 3.81. The summed E-state index contributed by atoms with van der Waals surface area (Å²) in [6.45, 7) is 5.38. The van der Waals surface area contributed by atoms with Gasteiger partial charge in [0.05, 0.1) is 19.1 Å². The predicted molar refractivity (Wildman–Crippen MR) is 83.0 cm³/mol. The van der Waals surface area contributed by atoms with Crippen molar-refractivity contribution in [1.82, 2.24) is 10.2 Å². The van der Waals surface area contributed by atoms with E-state index in [4.69, 9.17) is 10.5 Å². The number of nitrogens with two attached hydrogens (primary N) is 1.